The van der Waals surface area contributed by atoms with Crippen LogP contribution in [0.25, 0.3) is 0 Å². The number of nitrogens with one attached hydrogen (secondary N) is 1. The first kappa shape index (κ1) is 11.7. The molecule has 1 aromatic rings. The number of ketones is 1. The molecule has 1 fully saturated rings. The largest absolute Gasteiger partial charge is 0.317 e. The Kier molecular flexibility index (Phi) is 2.84. The summed E-state index contributed by atoms with van der Waals surface area (Å²) in [5, 5.41) is 3.72. The summed E-state index contributed by atoms with van der Waals surface area (Å²) in [5.41, 5.74) is 1.03. The van der Waals surface area contributed by atoms with Crippen molar-refractivity contribution in [3.8, 4) is 0 Å². The molecule has 2 aliphatic heterocycles. The molecule has 0 radical (unpaired) electrons. The van der Waals surface area contributed by atoms with E-state index in [0.29, 0.717) is 16.3 Å². The number of rotatable bonds is 1. The number of piperidine rings is 1. The van der Waals surface area contributed by atoms with Gasteiger partial charge in [0.05, 0.1) is 16.3 Å². The minimum absolute atomic E-state index is 0.0730. The minimum Gasteiger partial charge on any atom is -0.317 e. The maximum Gasteiger partial charge on any atom is 0.299 e. The molecule has 1 amide bonds. The predicted molar refractivity (Wildman–Crippen MR) is 69.2 cm³/mol. The Morgan fingerprint density at radius 1 is 1.22 bits per heavy atom. The van der Waals surface area contributed by atoms with E-state index >= 15 is 0 Å². The van der Waals surface area contributed by atoms with Gasteiger partial charge in [-0.2, -0.15) is 0 Å². The van der Waals surface area contributed by atoms with Crippen LogP contribution < -0.4 is 10.2 Å². The molecular weight excluding hydrogens is 252 g/mol. The Morgan fingerprint density at radius 2 is 1.94 bits per heavy atom. The fraction of sp³-hybridized carbons (Fsp3) is 0.385. The Hall–Kier alpha value is -1.39. The van der Waals surface area contributed by atoms with Gasteiger partial charge in [-0.25, -0.2) is 0 Å². The highest BCUT2D eigenvalue weighted by Gasteiger charge is 2.41. The van der Waals surface area contributed by atoms with Crippen molar-refractivity contribution in [2.75, 3.05) is 18.0 Å². The van der Waals surface area contributed by atoms with Crippen molar-refractivity contribution in [1.82, 2.24) is 5.32 Å². The second-order valence-electron chi connectivity index (χ2n) is 4.62. The van der Waals surface area contributed by atoms with Crippen molar-refractivity contribution in [3.63, 3.8) is 0 Å². The highest BCUT2D eigenvalue weighted by Crippen LogP contribution is 2.38. The van der Waals surface area contributed by atoms with E-state index in [0.717, 1.165) is 25.9 Å². The van der Waals surface area contributed by atoms with Crippen LogP contribution in [-0.4, -0.2) is 30.8 Å². The number of anilines is 1. The van der Waals surface area contributed by atoms with Gasteiger partial charge in [-0.1, -0.05) is 17.7 Å². The molecule has 1 aromatic carbocycles. The maximum atomic E-state index is 12.1. The number of fused-ring (bicyclic) bond motifs is 1. The Morgan fingerprint density at radius 3 is 2.67 bits per heavy atom. The van der Waals surface area contributed by atoms with Gasteiger partial charge in [-0.05, 0) is 38.1 Å². The Bertz CT molecular complexity index is 524. The van der Waals surface area contributed by atoms with Gasteiger partial charge < -0.3 is 10.2 Å². The Labute approximate surface area is 110 Å². The lowest BCUT2D eigenvalue weighted by molar-refractivity contribution is -0.114. The molecule has 3 rings (SSSR count). The zero-order valence-corrected chi connectivity index (χ0v) is 10.5. The Balaban J connectivity index is 2.06. The summed E-state index contributed by atoms with van der Waals surface area (Å²) in [6.07, 6.45) is 1.70. The molecule has 1 saturated heterocycles. The molecule has 2 heterocycles. The molecule has 0 bridgehead atoms. The standard InChI is InChI=1S/C13H13ClN2O2/c14-10-3-1-2-9-11(10)16(13(18)12(9)17)8-4-6-15-7-5-8/h1-3,8,15H,4-7H2. The first-order valence-electron chi connectivity index (χ1n) is 6.07. The highest BCUT2D eigenvalue weighted by molar-refractivity contribution is 6.54. The van der Waals surface area contributed by atoms with Crippen LogP contribution >= 0.6 is 11.6 Å². The predicted octanol–water partition coefficient (Wildman–Crippen LogP) is 1.62. The minimum atomic E-state index is -0.440. The van der Waals surface area contributed by atoms with Crippen molar-refractivity contribution in [2.24, 2.45) is 0 Å². The second kappa shape index (κ2) is 4.37. The molecule has 4 nitrogen and oxygen atoms in total. The van der Waals surface area contributed by atoms with Crippen molar-refractivity contribution in [3.05, 3.63) is 28.8 Å². The van der Waals surface area contributed by atoms with Crippen LogP contribution in [-0.2, 0) is 4.79 Å². The second-order valence-corrected chi connectivity index (χ2v) is 5.03. The SMILES string of the molecule is O=C1C(=O)N(C2CCNCC2)c2c(Cl)cccc21. The molecular formula is C13H13ClN2O2. The fourth-order valence-corrected chi connectivity index (χ4v) is 2.95. The van der Waals surface area contributed by atoms with E-state index in [9.17, 15) is 9.59 Å². The third-order valence-corrected chi connectivity index (χ3v) is 3.86. The lowest BCUT2D eigenvalue weighted by Gasteiger charge is -2.31. The number of halogens is 1. The summed E-state index contributed by atoms with van der Waals surface area (Å²) in [7, 11) is 0. The van der Waals surface area contributed by atoms with Crippen LogP contribution in [0.15, 0.2) is 18.2 Å². The number of carbonyl (C=O) groups is 2. The molecule has 0 atom stereocenters. The molecule has 5 heteroatoms. The summed E-state index contributed by atoms with van der Waals surface area (Å²) in [6, 6.07) is 5.17. The number of hydrogen-bond acceptors (Lipinski definition) is 3. The smallest absolute Gasteiger partial charge is 0.299 e. The van der Waals surface area contributed by atoms with Gasteiger partial charge in [0.2, 0.25) is 0 Å². The van der Waals surface area contributed by atoms with Gasteiger partial charge in [-0.3, -0.25) is 9.59 Å². The van der Waals surface area contributed by atoms with Crippen LogP contribution in [0.3, 0.4) is 0 Å². The molecule has 0 aliphatic carbocycles. The summed E-state index contributed by atoms with van der Waals surface area (Å²) < 4.78 is 0. The fourth-order valence-electron chi connectivity index (χ4n) is 2.68. The molecule has 0 aromatic heterocycles. The van der Waals surface area contributed by atoms with Crippen LogP contribution in [0.1, 0.15) is 23.2 Å². The molecule has 18 heavy (non-hydrogen) atoms. The molecule has 0 unspecified atom stereocenters. The van der Waals surface area contributed by atoms with Gasteiger partial charge in [0.15, 0.2) is 0 Å². The third kappa shape index (κ3) is 1.64. The maximum absolute atomic E-state index is 12.1. The van der Waals surface area contributed by atoms with Gasteiger partial charge in [0.1, 0.15) is 0 Å². The number of nitrogens with zero attached hydrogens (tertiary/aromatic N) is 1. The van der Waals surface area contributed by atoms with Gasteiger partial charge in [-0.15, -0.1) is 0 Å². The third-order valence-electron chi connectivity index (χ3n) is 3.56. The lowest BCUT2D eigenvalue weighted by atomic mass is 10.0. The average molecular weight is 265 g/mol. The zero-order valence-electron chi connectivity index (χ0n) is 9.78. The van der Waals surface area contributed by atoms with E-state index in [1.54, 1.807) is 23.1 Å². The molecule has 0 spiro atoms. The normalized spacial score (nSPS) is 20.4. The van der Waals surface area contributed by atoms with E-state index in [1.807, 2.05) is 0 Å². The van der Waals surface area contributed by atoms with Crippen molar-refractivity contribution >= 4 is 29.0 Å². The van der Waals surface area contributed by atoms with Crippen LogP contribution in [0.4, 0.5) is 5.69 Å². The number of amides is 1. The molecule has 94 valence electrons. The van der Waals surface area contributed by atoms with Crippen LogP contribution in [0, 0.1) is 0 Å². The van der Waals surface area contributed by atoms with Gasteiger partial charge >= 0.3 is 0 Å². The first-order valence-corrected chi connectivity index (χ1v) is 6.45. The van der Waals surface area contributed by atoms with Crippen molar-refractivity contribution in [2.45, 2.75) is 18.9 Å². The van der Waals surface area contributed by atoms with E-state index in [4.69, 9.17) is 11.6 Å². The summed E-state index contributed by atoms with van der Waals surface area (Å²) in [4.78, 5) is 25.6. The molecule has 0 saturated carbocycles. The number of hydrogen-bond donors (Lipinski definition) is 1. The lowest BCUT2D eigenvalue weighted by Crippen LogP contribution is -2.45. The van der Waals surface area contributed by atoms with Gasteiger partial charge in [0.25, 0.3) is 11.7 Å². The highest BCUT2D eigenvalue weighted by atomic mass is 35.5. The van der Waals surface area contributed by atoms with Crippen LogP contribution in [0.2, 0.25) is 5.02 Å². The molecule has 1 N–H and O–H groups in total. The van der Waals surface area contributed by atoms with Crippen molar-refractivity contribution in [1.29, 1.82) is 0 Å². The van der Waals surface area contributed by atoms with Gasteiger partial charge in [0, 0.05) is 6.04 Å². The number of benzene rings is 1. The quantitative estimate of drug-likeness (QED) is 0.785. The number of para-hydroxylation sites is 1. The monoisotopic (exact) mass is 264 g/mol. The summed E-state index contributed by atoms with van der Waals surface area (Å²) >= 11 is 6.15. The van der Waals surface area contributed by atoms with E-state index in [-0.39, 0.29) is 6.04 Å². The number of carbonyl (C=O) groups excluding carboxylic acids is 2. The van der Waals surface area contributed by atoms with Crippen LogP contribution in [0.5, 0.6) is 0 Å². The van der Waals surface area contributed by atoms with E-state index in [2.05, 4.69) is 5.32 Å². The van der Waals surface area contributed by atoms with E-state index in [1.165, 1.54) is 0 Å². The summed E-state index contributed by atoms with van der Waals surface area (Å²) in [5.74, 6) is -0.879. The molecule has 2 aliphatic rings. The first-order chi connectivity index (χ1) is 8.70. The summed E-state index contributed by atoms with van der Waals surface area (Å²) in [6.45, 7) is 1.73. The van der Waals surface area contributed by atoms with Crippen molar-refractivity contribution < 1.29 is 9.59 Å². The van der Waals surface area contributed by atoms with E-state index < -0.39 is 11.7 Å². The number of Topliss-reactive ketones (excluding diaryl/α,β-unsaturated/α-hetero) is 1. The zero-order chi connectivity index (χ0) is 12.7. The topological polar surface area (TPSA) is 49.4 Å². The average Bonchev–Trinajstić information content (AvgIpc) is 2.65.